The maximum atomic E-state index is 12.6. The average molecular weight is 503 g/mol. The Morgan fingerprint density at radius 2 is 1.92 bits per heavy atom. The number of carbonyl (C=O) groups is 1. The SMILES string of the molecule is CC(C)NC#N.[C-]#[N+]/C(=C\c1c(-c2ccc(C)cc2)c2c(N)ncnc2n1CCCO)C(=O)NC(C)C. The molecule has 0 spiro atoms. The molecule has 0 radical (unpaired) electrons. The summed E-state index contributed by atoms with van der Waals surface area (Å²) in [7, 11) is 0. The van der Waals surface area contributed by atoms with Gasteiger partial charge in [-0.15, -0.1) is 0 Å². The zero-order chi connectivity index (χ0) is 27.5. The van der Waals surface area contributed by atoms with Crippen LogP contribution in [-0.4, -0.2) is 44.2 Å². The highest BCUT2D eigenvalue weighted by Crippen LogP contribution is 2.38. The molecule has 0 bridgehead atoms. The Labute approximate surface area is 217 Å². The molecular formula is C27H34N8O2. The van der Waals surface area contributed by atoms with Gasteiger partial charge in [0.05, 0.1) is 12.0 Å². The molecule has 1 amide bonds. The Bertz CT molecular complexity index is 1330. The molecule has 0 aliphatic rings. The first kappa shape index (κ1) is 28.8. The highest BCUT2D eigenvalue weighted by molar-refractivity contribution is 6.07. The molecule has 0 saturated carbocycles. The lowest BCUT2D eigenvalue weighted by Gasteiger charge is -2.11. The number of aryl methyl sites for hydroxylation is 2. The predicted octanol–water partition coefficient (Wildman–Crippen LogP) is 3.62. The molecule has 1 aromatic carbocycles. The summed E-state index contributed by atoms with van der Waals surface area (Å²) in [5.41, 5.74) is 10.2. The van der Waals surface area contributed by atoms with Gasteiger partial charge in [0.25, 0.3) is 11.6 Å². The fraction of sp³-hybridized carbons (Fsp3) is 0.370. The van der Waals surface area contributed by atoms with Crippen molar-refractivity contribution >= 4 is 28.8 Å². The minimum atomic E-state index is -0.446. The summed E-state index contributed by atoms with van der Waals surface area (Å²) in [6.07, 6.45) is 5.25. The van der Waals surface area contributed by atoms with E-state index in [1.54, 1.807) is 6.08 Å². The van der Waals surface area contributed by atoms with E-state index in [0.29, 0.717) is 35.5 Å². The molecule has 5 N–H and O–H groups in total. The Morgan fingerprint density at radius 1 is 1.24 bits per heavy atom. The molecule has 0 unspecified atom stereocenters. The number of benzene rings is 1. The average Bonchev–Trinajstić information content (AvgIpc) is 3.15. The first-order chi connectivity index (χ1) is 17.6. The molecule has 0 aliphatic carbocycles. The number of carbonyl (C=O) groups excluding carboxylic acids is 1. The van der Waals surface area contributed by atoms with Gasteiger partial charge in [-0.3, -0.25) is 4.79 Å². The second-order valence-electron chi connectivity index (χ2n) is 8.99. The van der Waals surface area contributed by atoms with Gasteiger partial charge in [-0.2, -0.15) is 5.26 Å². The van der Waals surface area contributed by atoms with Crippen molar-refractivity contribution in [3.8, 4) is 17.3 Å². The van der Waals surface area contributed by atoms with Crippen LogP contribution in [0.4, 0.5) is 5.82 Å². The maximum absolute atomic E-state index is 12.6. The summed E-state index contributed by atoms with van der Waals surface area (Å²) in [5, 5.41) is 23.2. The summed E-state index contributed by atoms with van der Waals surface area (Å²) < 4.78 is 1.88. The van der Waals surface area contributed by atoms with E-state index in [9.17, 15) is 9.90 Å². The zero-order valence-corrected chi connectivity index (χ0v) is 21.9. The van der Waals surface area contributed by atoms with Crippen molar-refractivity contribution in [1.82, 2.24) is 25.2 Å². The summed E-state index contributed by atoms with van der Waals surface area (Å²) in [4.78, 5) is 24.7. The van der Waals surface area contributed by atoms with Crippen LogP contribution in [0.1, 0.15) is 45.4 Å². The van der Waals surface area contributed by atoms with E-state index < -0.39 is 5.91 Å². The van der Waals surface area contributed by atoms with Gasteiger partial charge in [0, 0.05) is 36.5 Å². The summed E-state index contributed by atoms with van der Waals surface area (Å²) >= 11 is 0. The number of anilines is 1. The third-order valence-corrected chi connectivity index (χ3v) is 5.19. The number of rotatable bonds is 8. The molecule has 3 rings (SSSR count). The number of nitrogens with zero attached hydrogens (tertiary/aromatic N) is 5. The zero-order valence-electron chi connectivity index (χ0n) is 21.9. The van der Waals surface area contributed by atoms with Crippen molar-refractivity contribution in [3.63, 3.8) is 0 Å². The van der Waals surface area contributed by atoms with Gasteiger partial charge in [0.1, 0.15) is 17.8 Å². The Hall–Kier alpha value is -4.41. The van der Waals surface area contributed by atoms with Gasteiger partial charge in [-0.05, 0) is 52.7 Å². The van der Waals surface area contributed by atoms with Gasteiger partial charge in [-0.1, -0.05) is 29.8 Å². The third-order valence-electron chi connectivity index (χ3n) is 5.19. The molecule has 194 valence electrons. The third kappa shape index (κ3) is 7.53. The fourth-order valence-corrected chi connectivity index (χ4v) is 3.57. The molecule has 37 heavy (non-hydrogen) atoms. The lowest BCUT2D eigenvalue weighted by molar-refractivity contribution is -0.117. The Morgan fingerprint density at radius 3 is 2.43 bits per heavy atom. The maximum Gasteiger partial charge on any atom is 0.252 e. The van der Waals surface area contributed by atoms with Gasteiger partial charge < -0.3 is 26.0 Å². The molecule has 10 nitrogen and oxygen atoms in total. The quantitative estimate of drug-likeness (QED) is 0.159. The van der Waals surface area contributed by atoms with Crippen LogP contribution in [-0.2, 0) is 11.3 Å². The number of aliphatic hydroxyl groups is 1. The van der Waals surface area contributed by atoms with E-state index in [-0.39, 0.29) is 24.4 Å². The Kier molecular flexibility index (Phi) is 10.6. The minimum Gasteiger partial charge on any atom is -0.396 e. The van der Waals surface area contributed by atoms with Crippen LogP contribution in [0, 0.1) is 25.0 Å². The molecule has 3 aromatic rings. The summed E-state index contributed by atoms with van der Waals surface area (Å²) in [6, 6.07) is 8.10. The van der Waals surface area contributed by atoms with Crippen LogP contribution in [0.15, 0.2) is 36.3 Å². The van der Waals surface area contributed by atoms with E-state index >= 15 is 0 Å². The molecule has 0 atom stereocenters. The van der Waals surface area contributed by atoms with Gasteiger partial charge in [-0.25, -0.2) is 14.8 Å². The first-order valence-electron chi connectivity index (χ1n) is 12.0. The number of nitrogen functional groups attached to an aromatic ring is 1. The molecule has 0 saturated heterocycles. The molecule has 0 fully saturated rings. The monoisotopic (exact) mass is 502 g/mol. The lowest BCUT2D eigenvalue weighted by atomic mass is 10.0. The number of amides is 1. The van der Waals surface area contributed by atoms with Gasteiger partial charge >= 0.3 is 0 Å². The van der Waals surface area contributed by atoms with Crippen LogP contribution < -0.4 is 16.4 Å². The topological polar surface area (TPSA) is 146 Å². The molecule has 0 aliphatic heterocycles. The number of hydrogen-bond acceptors (Lipinski definition) is 7. The fourth-order valence-electron chi connectivity index (χ4n) is 3.57. The highest BCUT2D eigenvalue weighted by atomic mass is 16.3. The number of nitriles is 1. The number of nitrogens with one attached hydrogen (secondary N) is 2. The van der Waals surface area contributed by atoms with Crippen LogP contribution in [0.2, 0.25) is 0 Å². The largest absolute Gasteiger partial charge is 0.396 e. The summed E-state index contributed by atoms with van der Waals surface area (Å²) in [5.74, 6) is -0.133. The number of hydrogen-bond donors (Lipinski definition) is 4. The van der Waals surface area contributed by atoms with E-state index in [0.717, 1.165) is 16.7 Å². The van der Waals surface area contributed by atoms with E-state index in [4.69, 9.17) is 17.6 Å². The standard InChI is InChI=1S/C23H26N6O2.C4H8N2/c1-14(2)28-23(31)17(25-4)12-18-19(16-8-6-15(3)7-9-16)20-21(24)26-13-27-22(20)29(18)10-5-11-30;1-4(2)6-3-5/h6-9,12-14,30H,5,10-11H2,1-3H3,(H,28,31)(H2,24,26,27);4,6H,1-2H3/b17-12-;. The smallest absolute Gasteiger partial charge is 0.252 e. The van der Waals surface area contributed by atoms with E-state index in [2.05, 4.69) is 25.4 Å². The Balaban J connectivity index is 0.000000717. The van der Waals surface area contributed by atoms with Crippen LogP contribution >= 0.6 is 0 Å². The number of aliphatic hydroxyl groups excluding tert-OH is 1. The molecule has 2 aromatic heterocycles. The van der Waals surface area contributed by atoms with Crippen molar-refractivity contribution in [3.05, 3.63) is 59.0 Å². The van der Waals surface area contributed by atoms with Crippen molar-refractivity contribution in [2.45, 2.75) is 59.7 Å². The van der Waals surface area contributed by atoms with Crippen LogP contribution in [0.3, 0.4) is 0 Å². The van der Waals surface area contributed by atoms with Crippen LogP contribution in [0.5, 0.6) is 0 Å². The summed E-state index contributed by atoms with van der Waals surface area (Å²) in [6.45, 7) is 17.5. The number of nitrogens with two attached hydrogens (primary N) is 1. The number of fused-ring (bicyclic) bond motifs is 1. The van der Waals surface area contributed by atoms with E-state index in [1.165, 1.54) is 6.33 Å². The van der Waals surface area contributed by atoms with E-state index in [1.807, 2.05) is 69.6 Å². The van der Waals surface area contributed by atoms with Crippen molar-refractivity contribution in [2.75, 3.05) is 12.3 Å². The normalized spacial score (nSPS) is 11.0. The number of aromatic nitrogens is 3. The van der Waals surface area contributed by atoms with Crippen molar-refractivity contribution < 1.29 is 9.90 Å². The molecule has 2 heterocycles. The lowest BCUT2D eigenvalue weighted by Crippen LogP contribution is -2.30. The second-order valence-corrected chi connectivity index (χ2v) is 8.99. The van der Waals surface area contributed by atoms with Crippen molar-refractivity contribution in [1.29, 1.82) is 5.26 Å². The van der Waals surface area contributed by atoms with Crippen LogP contribution in [0.25, 0.3) is 33.1 Å². The second kappa shape index (κ2) is 13.6. The molecule has 10 heteroatoms. The first-order valence-corrected chi connectivity index (χ1v) is 12.0. The minimum absolute atomic E-state index is 0.00717. The highest BCUT2D eigenvalue weighted by Gasteiger charge is 2.22. The molecular weight excluding hydrogens is 468 g/mol. The van der Waals surface area contributed by atoms with Crippen molar-refractivity contribution in [2.24, 2.45) is 0 Å². The van der Waals surface area contributed by atoms with Gasteiger partial charge in [0.15, 0.2) is 6.19 Å². The predicted molar refractivity (Wildman–Crippen MR) is 146 cm³/mol. The van der Waals surface area contributed by atoms with Gasteiger partial charge in [0.2, 0.25) is 0 Å².